The van der Waals surface area contributed by atoms with Crippen molar-refractivity contribution in [2.75, 3.05) is 6.61 Å². The van der Waals surface area contributed by atoms with Gasteiger partial charge in [0.05, 0.1) is 24.8 Å². The molecule has 1 aliphatic heterocycles. The molecule has 4 heterocycles. The summed E-state index contributed by atoms with van der Waals surface area (Å²) in [6, 6.07) is 9.10. The Labute approximate surface area is 222 Å². The first kappa shape index (κ1) is 26.1. The van der Waals surface area contributed by atoms with Crippen LogP contribution in [0.4, 0.5) is 9.18 Å². The molecule has 0 fully saturated rings. The second-order valence-corrected chi connectivity index (χ2v) is 16.9. The molecule has 1 aromatic carbocycles. The third kappa shape index (κ3) is 4.98. The molecule has 1 aliphatic rings. The fraction of sp³-hybridized carbons (Fsp3) is 0.393. The van der Waals surface area contributed by atoms with Crippen LogP contribution in [-0.2, 0) is 24.6 Å². The van der Waals surface area contributed by atoms with Gasteiger partial charge in [-0.1, -0.05) is 19.6 Å². The van der Waals surface area contributed by atoms with Gasteiger partial charge >= 0.3 is 6.09 Å². The Hall–Kier alpha value is -3.50. The normalized spacial score (nSPS) is 15.7. The number of aromatic nitrogens is 4. The van der Waals surface area contributed by atoms with E-state index < -0.39 is 14.2 Å². The maximum atomic E-state index is 13.8. The van der Waals surface area contributed by atoms with E-state index in [-0.39, 0.29) is 18.4 Å². The number of fused-ring (bicyclic) bond motifs is 2. The Morgan fingerprint density at radius 1 is 1.21 bits per heavy atom. The van der Waals surface area contributed by atoms with Crippen LogP contribution in [0.3, 0.4) is 0 Å². The quantitative estimate of drug-likeness (QED) is 0.225. The molecule has 3 aromatic heterocycles. The van der Waals surface area contributed by atoms with Crippen LogP contribution in [0.1, 0.15) is 18.2 Å². The van der Waals surface area contributed by atoms with Gasteiger partial charge in [-0.3, -0.25) is 9.58 Å². The zero-order valence-electron chi connectivity index (χ0n) is 22.5. The number of hydrogen-bond acceptors (Lipinski definition) is 4. The molecule has 0 radical (unpaired) electrons. The first-order valence-electron chi connectivity index (χ1n) is 12.9. The third-order valence-corrected chi connectivity index (χ3v) is 8.86. The van der Waals surface area contributed by atoms with Gasteiger partial charge in [0.2, 0.25) is 0 Å². The Bertz CT molecular complexity index is 1490. The summed E-state index contributed by atoms with van der Waals surface area (Å²) in [6.07, 6.45) is 2.86. The molecule has 0 aliphatic carbocycles. The van der Waals surface area contributed by atoms with Crippen molar-refractivity contribution in [1.82, 2.24) is 24.2 Å². The highest BCUT2D eigenvalue weighted by atomic mass is 28.3. The van der Waals surface area contributed by atoms with Crippen molar-refractivity contribution in [3.8, 4) is 22.4 Å². The van der Waals surface area contributed by atoms with Gasteiger partial charge in [0, 0.05) is 43.6 Å². The summed E-state index contributed by atoms with van der Waals surface area (Å²) in [5.41, 5.74) is 5.91. The van der Waals surface area contributed by atoms with Crippen molar-refractivity contribution < 1.29 is 19.0 Å². The van der Waals surface area contributed by atoms with Crippen molar-refractivity contribution in [1.29, 1.82) is 0 Å². The van der Waals surface area contributed by atoms with Crippen molar-refractivity contribution in [3.63, 3.8) is 0 Å². The summed E-state index contributed by atoms with van der Waals surface area (Å²) in [4.78, 5) is 18.2. The van der Waals surface area contributed by atoms with Crippen LogP contribution < -0.4 is 0 Å². The molecule has 0 unspecified atom stereocenters. The number of rotatable bonds is 7. The molecule has 5 rings (SSSR count). The van der Waals surface area contributed by atoms with Crippen LogP contribution in [0.25, 0.3) is 33.4 Å². The minimum atomic E-state index is -1.19. The molecule has 8 nitrogen and oxygen atoms in total. The lowest BCUT2D eigenvalue weighted by Crippen LogP contribution is -2.44. The average Bonchev–Trinajstić information content (AvgIpc) is 3.38. The zero-order valence-corrected chi connectivity index (χ0v) is 23.5. The van der Waals surface area contributed by atoms with Gasteiger partial charge < -0.3 is 14.4 Å². The maximum absolute atomic E-state index is 13.8. The lowest BCUT2D eigenvalue weighted by atomic mass is 9.95. The SMILES string of the molecule is Cc1cn(COCC[Si](C)(C)C)c2nccc(-c3c(-c4ccc(F)cc4)nn4c3CN(C(=O)O)[C@H](C)C4)c12. The zero-order chi connectivity index (χ0) is 27.2. The van der Waals surface area contributed by atoms with Gasteiger partial charge in [-0.2, -0.15) is 5.10 Å². The van der Waals surface area contributed by atoms with Crippen molar-refractivity contribution in [3.05, 3.63) is 59.8 Å². The Balaban J connectivity index is 1.63. The summed E-state index contributed by atoms with van der Waals surface area (Å²) in [7, 11) is -1.19. The monoisotopic (exact) mass is 535 g/mol. The Kier molecular flexibility index (Phi) is 6.87. The van der Waals surface area contributed by atoms with E-state index in [2.05, 4.69) is 25.8 Å². The van der Waals surface area contributed by atoms with Gasteiger partial charge in [-0.15, -0.1) is 0 Å². The Morgan fingerprint density at radius 2 is 1.95 bits per heavy atom. The number of hydrogen-bond donors (Lipinski definition) is 1. The van der Waals surface area contributed by atoms with E-state index in [0.29, 0.717) is 25.6 Å². The molecule has 4 aromatic rings. The first-order chi connectivity index (χ1) is 18.0. The molecular weight excluding hydrogens is 501 g/mol. The van der Waals surface area contributed by atoms with Crippen LogP contribution in [0.2, 0.25) is 25.7 Å². The number of carboxylic acid groups (broad SMARTS) is 1. The summed E-state index contributed by atoms with van der Waals surface area (Å²) >= 11 is 0. The standard InChI is InChI=1S/C28H34FN5O3Si/c1-18-14-32(17-37-12-13-38(3,4)5)27-24(18)22(10-11-30-27)25-23-16-33(28(35)36)19(2)15-34(23)31-26(25)20-6-8-21(29)9-7-20/h6-11,14,19H,12-13,15-17H2,1-5H3,(H,35,36)/t19-/m1/s1. The minimum absolute atomic E-state index is 0.212. The number of aryl methyl sites for hydroxylation is 1. The molecule has 1 atom stereocenters. The highest BCUT2D eigenvalue weighted by Gasteiger charge is 2.33. The number of halogens is 1. The number of nitrogens with zero attached hydrogens (tertiary/aromatic N) is 5. The minimum Gasteiger partial charge on any atom is -0.465 e. The molecule has 0 spiro atoms. The van der Waals surface area contributed by atoms with Crippen molar-refractivity contribution >= 4 is 25.2 Å². The van der Waals surface area contributed by atoms with Crippen LogP contribution in [0.5, 0.6) is 0 Å². The molecule has 0 bridgehead atoms. The molecule has 0 saturated carbocycles. The molecule has 200 valence electrons. The fourth-order valence-corrected chi connectivity index (χ4v) is 5.84. The summed E-state index contributed by atoms with van der Waals surface area (Å²) in [5, 5.41) is 15.7. The number of carbonyl (C=O) groups is 1. The van der Waals surface area contributed by atoms with E-state index in [1.165, 1.54) is 17.0 Å². The molecule has 0 saturated heterocycles. The fourth-order valence-electron chi connectivity index (χ4n) is 5.09. The summed E-state index contributed by atoms with van der Waals surface area (Å²) in [5.74, 6) is -0.321. The molecule has 10 heteroatoms. The lowest BCUT2D eigenvalue weighted by molar-refractivity contribution is 0.0898. The van der Waals surface area contributed by atoms with Gasteiger partial charge in [-0.25, -0.2) is 14.2 Å². The van der Waals surface area contributed by atoms with Crippen LogP contribution in [0.15, 0.2) is 42.7 Å². The topological polar surface area (TPSA) is 85.4 Å². The van der Waals surface area contributed by atoms with Crippen molar-refractivity contribution in [2.45, 2.75) is 65.4 Å². The predicted octanol–water partition coefficient (Wildman–Crippen LogP) is 6.21. The number of ether oxygens (including phenoxy) is 1. The third-order valence-electron chi connectivity index (χ3n) is 7.15. The first-order valence-corrected chi connectivity index (χ1v) is 16.6. The van der Waals surface area contributed by atoms with Gasteiger partial charge in [-0.05, 0) is 61.4 Å². The lowest BCUT2D eigenvalue weighted by Gasteiger charge is -2.32. The van der Waals surface area contributed by atoms with Gasteiger partial charge in [0.15, 0.2) is 0 Å². The van der Waals surface area contributed by atoms with E-state index in [4.69, 9.17) is 14.8 Å². The van der Waals surface area contributed by atoms with Crippen LogP contribution in [0, 0.1) is 12.7 Å². The van der Waals surface area contributed by atoms with E-state index in [0.717, 1.165) is 45.0 Å². The Morgan fingerprint density at radius 3 is 2.63 bits per heavy atom. The number of benzene rings is 1. The second kappa shape index (κ2) is 9.99. The van der Waals surface area contributed by atoms with E-state index in [1.54, 1.807) is 18.3 Å². The smallest absolute Gasteiger partial charge is 0.407 e. The number of pyridine rings is 1. The van der Waals surface area contributed by atoms with Crippen molar-refractivity contribution in [2.24, 2.45) is 0 Å². The molecule has 1 N–H and O–H groups in total. The number of amides is 1. The van der Waals surface area contributed by atoms with E-state index >= 15 is 0 Å². The largest absolute Gasteiger partial charge is 0.465 e. The molecule has 38 heavy (non-hydrogen) atoms. The highest BCUT2D eigenvalue weighted by Crippen LogP contribution is 2.41. The average molecular weight is 536 g/mol. The second-order valence-electron chi connectivity index (χ2n) is 11.3. The van der Waals surface area contributed by atoms with E-state index in [9.17, 15) is 14.3 Å². The van der Waals surface area contributed by atoms with Gasteiger partial charge in [0.1, 0.15) is 23.9 Å². The van der Waals surface area contributed by atoms with Crippen LogP contribution >= 0.6 is 0 Å². The predicted molar refractivity (Wildman–Crippen MR) is 148 cm³/mol. The molecule has 1 amide bonds. The highest BCUT2D eigenvalue weighted by molar-refractivity contribution is 6.76. The maximum Gasteiger partial charge on any atom is 0.407 e. The van der Waals surface area contributed by atoms with Crippen LogP contribution in [-0.4, -0.2) is 56.2 Å². The molecular formula is C28H34FN5O3Si. The summed E-state index contributed by atoms with van der Waals surface area (Å²) < 4.78 is 23.7. The summed E-state index contributed by atoms with van der Waals surface area (Å²) in [6.45, 7) is 12.7. The van der Waals surface area contributed by atoms with E-state index in [1.807, 2.05) is 29.2 Å². The van der Waals surface area contributed by atoms with Gasteiger partial charge in [0.25, 0.3) is 0 Å².